The predicted molar refractivity (Wildman–Crippen MR) is 78.1 cm³/mol. The van der Waals surface area contributed by atoms with E-state index in [-0.39, 0.29) is 12.2 Å². The van der Waals surface area contributed by atoms with Crippen molar-refractivity contribution in [1.29, 1.82) is 0 Å². The number of methoxy groups -OCH3 is 1. The summed E-state index contributed by atoms with van der Waals surface area (Å²) in [5.74, 6) is -0.559. The third-order valence-corrected chi connectivity index (χ3v) is 3.19. The van der Waals surface area contributed by atoms with Crippen molar-refractivity contribution in [3.8, 4) is 0 Å². The number of aliphatic hydroxyl groups is 1. The number of hydrogen-bond acceptors (Lipinski definition) is 4. The average molecular weight is 284 g/mol. The Kier molecular flexibility index (Phi) is 4.85. The van der Waals surface area contributed by atoms with Crippen LogP contribution in [0.25, 0.3) is 0 Å². The fraction of sp³-hybridized carbons (Fsp3) is 0.176. The van der Waals surface area contributed by atoms with Gasteiger partial charge in [0, 0.05) is 12.0 Å². The zero-order valence-electron chi connectivity index (χ0n) is 11.7. The van der Waals surface area contributed by atoms with Gasteiger partial charge in [0.2, 0.25) is 0 Å². The van der Waals surface area contributed by atoms with Crippen LogP contribution in [0.15, 0.2) is 54.6 Å². The molecule has 108 valence electrons. The van der Waals surface area contributed by atoms with Crippen LogP contribution in [0.4, 0.5) is 0 Å². The molecule has 2 rings (SSSR count). The monoisotopic (exact) mass is 284 g/mol. The molecule has 0 aliphatic carbocycles. The SMILES string of the molecule is COC(=O)c1ccc(C(O)CC(=O)c2ccccc2)cc1. The van der Waals surface area contributed by atoms with Gasteiger partial charge in [0.25, 0.3) is 0 Å². The lowest BCUT2D eigenvalue weighted by molar-refractivity contribution is 0.0600. The minimum atomic E-state index is -0.899. The van der Waals surface area contributed by atoms with Crippen LogP contribution in [-0.4, -0.2) is 24.0 Å². The van der Waals surface area contributed by atoms with Crippen molar-refractivity contribution in [3.05, 3.63) is 71.3 Å². The lowest BCUT2D eigenvalue weighted by Crippen LogP contribution is -2.08. The summed E-state index contributed by atoms with van der Waals surface area (Å²) in [5.41, 5.74) is 1.57. The molecule has 21 heavy (non-hydrogen) atoms. The van der Waals surface area contributed by atoms with E-state index in [2.05, 4.69) is 4.74 Å². The van der Waals surface area contributed by atoms with Gasteiger partial charge in [-0.15, -0.1) is 0 Å². The van der Waals surface area contributed by atoms with Crippen LogP contribution in [0, 0.1) is 0 Å². The zero-order valence-corrected chi connectivity index (χ0v) is 11.7. The molecule has 0 aliphatic rings. The number of rotatable bonds is 5. The summed E-state index contributed by atoms with van der Waals surface area (Å²) in [4.78, 5) is 23.3. The van der Waals surface area contributed by atoms with E-state index >= 15 is 0 Å². The summed E-state index contributed by atoms with van der Waals surface area (Å²) < 4.78 is 4.60. The second kappa shape index (κ2) is 6.81. The van der Waals surface area contributed by atoms with Crippen LogP contribution in [0.5, 0.6) is 0 Å². The third kappa shape index (κ3) is 3.77. The molecule has 0 radical (unpaired) electrons. The fourth-order valence-corrected chi connectivity index (χ4v) is 1.99. The van der Waals surface area contributed by atoms with Crippen molar-refractivity contribution in [2.24, 2.45) is 0 Å². The van der Waals surface area contributed by atoms with E-state index in [9.17, 15) is 14.7 Å². The lowest BCUT2D eigenvalue weighted by atomic mass is 9.99. The maximum atomic E-state index is 12.0. The number of carbonyl (C=O) groups is 2. The van der Waals surface area contributed by atoms with Gasteiger partial charge in [-0.05, 0) is 17.7 Å². The number of benzene rings is 2. The number of ketones is 1. The highest BCUT2D eigenvalue weighted by Crippen LogP contribution is 2.20. The van der Waals surface area contributed by atoms with Gasteiger partial charge in [0.05, 0.1) is 18.8 Å². The molecule has 0 bridgehead atoms. The molecule has 0 amide bonds. The van der Waals surface area contributed by atoms with E-state index in [0.717, 1.165) is 0 Å². The van der Waals surface area contributed by atoms with Crippen molar-refractivity contribution in [2.75, 3.05) is 7.11 Å². The Labute approximate surface area is 123 Å². The number of aliphatic hydroxyl groups excluding tert-OH is 1. The van der Waals surface area contributed by atoms with Crippen LogP contribution < -0.4 is 0 Å². The van der Waals surface area contributed by atoms with E-state index in [1.54, 1.807) is 48.5 Å². The fourth-order valence-electron chi connectivity index (χ4n) is 1.99. The first-order valence-electron chi connectivity index (χ1n) is 6.56. The third-order valence-electron chi connectivity index (χ3n) is 3.19. The van der Waals surface area contributed by atoms with Gasteiger partial charge in [0.1, 0.15) is 0 Å². The highest BCUT2D eigenvalue weighted by molar-refractivity contribution is 5.96. The molecule has 0 fully saturated rings. The van der Waals surface area contributed by atoms with E-state index in [4.69, 9.17) is 0 Å². The number of ether oxygens (including phenoxy) is 1. The Morgan fingerprint density at radius 3 is 2.19 bits per heavy atom. The molecule has 1 unspecified atom stereocenters. The molecule has 4 heteroatoms. The molecule has 1 atom stereocenters. The highest BCUT2D eigenvalue weighted by Gasteiger charge is 2.15. The molecule has 0 aromatic heterocycles. The summed E-state index contributed by atoms with van der Waals surface area (Å²) in [6, 6.07) is 15.2. The van der Waals surface area contributed by atoms with Crippen LogP contribution >= 0.6 is 0 Å². The summed E-state index contributed by atoms with van der Waals surface area (Å²) >= 11 is 0. The Morgan fingerprint density at radius 1 is 1.00 bits per heavy atom. The molecule has 1 N–H and O–H groups in total. The zero-order chi connectivity index (χ0) is 15.2. The molecule has 4 nitrogen and oxygen atoms in total. The van der Waals surface area contributed by atoms with Gasteiger partial charge in [-0.25, -0.2) is 4.79 Å². The maximum Gasteiger partial charge on any atom is 0.337 e. The lowest BCUT2D eigenvalue weighted by Gasteiger charge is -2.11. The molecular weight excluding hydrogens is 268 g/mol. The van der Waals surface area contributed by atoms with Crippen molar-refractivity contribution in [3.63, 3.8) is 0 Å². The largest absolute Gasteiger partial charge is 0.465 e. The van der Waals surface area contributed by atoms with E-state index in [1.165, 1.54) is 7.11 Å². The van der Waals surface area contributed by atoms with Gasteiger partial charge in [-0.2, -0.15) is 0 Å². The van der Waals surface area contributed by atoms with Crippen molar-refractivity contribution in [2.45, 2.75) is 12.5 Å². The number of hydrogen-bond donors (Lipinski definition) is 1. The van der Waals surface area contributed by atoms with E-state index in [1.807, 2.05) is 6.07 Å². The van der Waals surface area contributed by atoms with Crippen molar-refractivity contribution < 1.29 is 19.4 Å². The highest BCUT2D eigenvalue weighted by atomic mass is 16.5. The van der Waals surface area contributed by atoms with Crippen LogP contribution in [0.1, 0.15) is 38.8 Å². The van der Waals surface area contributed by atoms with Crippen molar-refractivity contribution >= 4 is 11.8 Å². The quantitative estimate of drug-likeness (QED) is 0.677. The molecule has 0 saturated carbocycles. The summed E-state index contributed by atoms with van der Waals surface area (Å²) in [6.45, 7) is 0. The smallest absolute Gasteiger partial charge is 0.337 e. The van der Waals surface area contributed by atoms with E-state index < -0.39 is 12.1 Å². The Balaban J connectivity index is 2.05. The van der Waals surface area contributed by atoms with Crippen LogP contribution in [0.2, 0.25) is 0 Å². The van der Waals surface area contributed by atoms with Gasteiger partial charge >= 0.3 is 5.97 Å². The molecule has 2 aromatic carbocycles. The van der Waals surface area contributed by atoms with Gasteiger partial charge in [0.15, 0.2) is 5.78 Å². The standard InChI is InChI=1S/C17H16O4/c1-21-17(20)14-9-7-13(8-10-14)16(19)11-15(18)12-5-3-2-4-6-12/h2-10,16,19H,11H2,1H3. The van der Waals surface area contributed by atoms with E-state index in [0.29, 0.717) is 16.7 Å². The van der Waals surface area contributed by atoms with Gasteiger partial charge < -0.3 is 9.84 Å². The molecule has 0 spiro atoms. The second-order valence-electron chi connectivity index (χ2n) is 4.62. The predicted octanol–water partition coefficient (Wildman–Crippen LogP) is 2.78. The average Bonchev–Trinajstić information content (AvgIpc) is 2.55. The molecule has 2 aromatic rings. The topological polar surface area (TPSA) is 63.6 Å². The molecule has 0 saturated heterocycles. The van der Waals surface area contributed by atoms with Gasteiger partial charge in [-0.1, -0.05) is 42.5 Å². The summed E-state index contributed by atoms with van der Waals surface area (Å²) in [6.07, 6.45) is -0.897. The van der Waals surface area contributed by atoms with Crippen LogP contribution in [0.3, 0.4) is 0 Å². The first-order valence-corrected chi connectivity index (χ1v) is 6.56. The first-order chi connectivity index (χ1) is 10.1. The van der Waals surface area contributed by atoms with Gasteiger partial charge in [-0.3, -0.25) is 4.79 Å². The first kappa shape index (κ1) is 14.9. The Hall–Kier alpha value is -2.46. The Morgan fingerprint density at radius 2 is 1.62 bits per heavy atom. The molecule has 0 heterocycles. The number of carbonyl (C=O) groups excluding carboxylic acids is 2. The maximum absolute atomic E-state index is 12.0. The minimum Gasteiger partial charge on any atom is -0.465 e. The second-order valence-corrected chi connectivity index (χ2v) is 4.62. The Bertz CT molecular complexity index is 617. The van der Waals surface area contributed by atoms with Crippen LogP contribution in [-0.2, 0) is 4.74 Å². The molecular formula is C17H16O4. The minimum absolute atomic E-state index is 0.00157. The number of esters is 1. The normalized spacial score (nSPS) is 11.7. The molecule has 0 aliphatic heterocycles. The number of Topliss-reactive ketones (excluding diaryl/α,β-unsaturated/α-hetero) is 1. The van der Waals surface area contributed by atoms with Crippen molar-refractivity contribution in [1.82, 2.24) is 0 Å². The summed E-state index contributed by atoms with van der Waals surface area (Å²) in [5, 5.41) is 10.1. The summed E-state index contributed by atoms with van der Waals surface area (Å²) in [7, 11) is 1.31.